The van der Waals surface area contributed by atoms with Gasteiger partial charge >= 0.3 is 0 Å². The highest BCUT2D eigenvalue weighted by Crippen LogP contribution is 2.31. The molecule has 1 aromatic rings. The van der Waals surface area contributed by atoms with Crippen LogP contribution < -0.4 is 10.0 Å². The first-order chi connectivity index (χ1) is 9.88. The molecule has 1 aliphatic carbocycles. The van der Waals surface area contributed by atoms with E-state index in [1.807, 2.05) is 13.0 Å². The van der Waals surface area contributed by atoms with Gasteiger partial charge in [-0.05, 0) is 42.5 Å². The molecule has 0 radical (unpaired) electrons. The van der Waals surface area contributed by atoms with Gasteiger partial charge < -0.3 is 5.32 Å². The van der Waals surface area contributed by atoms with Gasteiger partial charge in [-0.3, -0.25) is 0 Å². The molecule has 0 spiro atoms. The molecular formula is C16H26N2O2S. The van der Waals surface area contributed by atoms with Crippen LogP contribution in [0.2, 0.25) is 0 Å². The summed E-state index contributed by atoms with van der Waals surface area (Å²) in [5.74, 6) is 0.733. The highest BCUT2D eigenvalue weighted by Gasteiger charge is 2.22. The van der Waals surface area contributed by atoms with Gasteiger partial charge in [-0.25, -0.2) is 13.1 Å². The number of rotatable bonds is 8. The minimum absolute atomic E-state index is 0.365. The molecule has 118 valence electrons. The second kappa shape index (κ2) is 6.90. The Morgan fingerprint density at radius 3 is 2.62 bits per heavy atom. The smallest absolute Gasteiger partial charge is 0.240 e. The van der Waals surface area contributed by atoms with E-state index in [1.54, 1.807) is 12.1 Å². The van der Waals surface area contributed by atoms with Gasteiger partial charge in [0.1, 0.15) is 0 Å². The predicted molar refractivity (Wildman–Crippen MR) is 85.7 cm³/mol. The third-order valence-electron chi connectivity index (χ3n) is 3.87. The fraction of sp³-hybridized carbons (Fsp3) is 0.625. The summed E-state index contributed by atoms with van der Waals surface area (Å²) in [6.45, 7) is 7.40. The number of nitrogens with one attached hydrogen (secondary N) is 2. The van der Waals surface area contributed by atoms with Crippen molar-refractivity contribution in [3.8, 4) is 0 Å². The normalized spacial score (nSPS) is 15.6. The number of hydrogen-bond donors (Lipinski definition) is 2. The van der Waals surface area contributed by atoms with Gasteiger partial charge in [0, 0.05) is 19.1 Å². The minimum atomic E-state index is -3.38. The van der Waals surface area contributed by atoms with Gasteiger partial charge in [-0.15, -0.1) is 0 Å². The van der Waals surface area contributed by atoms with E-state index < -0.39 is 10.0 Å². The van der Waals surface area contributed by atoms with Gasteiger partial charge in [0.2, 0.25) is 10.0 Å². The molecule has 2 rings (SSSR count). The molecule has 4 nitrogen and oxygen atoms in total. The van der Waals surface area contributed by atoms with Gasteiger partial charge in [-0.2, -0.15) is 0 Å². The van der Waals surface area contributed by atoms with Crippen LogP contribution in [-0.4, -0.2) is 21.0 Å². The summed E-state index contributed by atoms with van der Waals surface area (Å²) >= 11 is 0. The molecule has 0 saturated heterocycles. The lowest BCUT2D eigenvalue weighted by molar-refractivity contribution is 0.573. The molecule has 0 unspecified atom stereocenters. The zero-order valence-corrected chi connectivity index (χ0v) is 14.0. The Morgan fingerprint density at radius 1 is 1.29 bits per heavy atom. The molecular weight excluding hydrogens is 284 g/mol. The lowest BCUT2D eigenvalue weighted by Gasteiger charge is -2.13. The fourth-order valence-corrected chi connectivity index (χ4v) is 3.30. The van der Waals surface area contributed by atoms with Crippen LogP contribution >= 0.6 is 0 Å². The van der Waals surface area contributed by atoms with E-state index >= 15 is 0 Å². The Balaban J connectivity index is 2.04. The van der Waals surface area contributed by atoms with Gasteiger partial charge in [-0.1, -0.05) is 32.8 Å². The van der Waals surface area contributed by atoms with Gasteiger partial charge in [0.05, 0.1) is 4.90 Å². The molecule has 0 amide bonds. The van der Waals surface area contributed by atoms with Crippen molar-refractivity contribution in [2.24, 2.45) is 5.92 Å². The zero-order valence-electron chi connectivity index (χ0n) is 13.1. The molecule has 1 aromatic carbocycles. The molecule has 0 atom stereocenters. The maximum atomic E-state index is 12.3. The van der Waals surface area contributed by atoms with Crippen LogP contribution in [0.4, 0.5) is 0 Å². The second-order valence-corrected chi connectivity index (χ2v) is 8.02. The zero-order chi connectivity index (χ0) is 15.5. The molecule has 0 aliphatic heterocycles. The average molecular weight is 310 g/mol. The van der Waals surface area contributed by atoms with E-state index in [2.05, 4.69) is 23.9 Å². The summed E-state index contributed by atoms with van der Waals surface area (Å²) in [4.78, 5) is 0.365. The van der Waals surface area contributed by atoms with Crippen molar-refractivity contribution in [3.05, 3.63) is 29.3 Å². The van der Waals surface area contributed by atoms with Crippen LogP contribution in [0.3, 0.4) is 0 Å². The second-order valence-electron chi connectivity index (χ2n) is 6.25. The maximum Gasteiger partial charge on any atom is 0.240 e. The van der Waals surface area contributed by atoms with Crippen LogP contribution in [0, 0.1) is 12.8 Å². The minimum Gasteiger partial charge on any atom is -0.310 e. The van der Waals surface area contributed by atoms with Crippen molar-refractivity contribution in [1.29, 1.82) is 0 Å². The monoisotopic (exact) mass is 310 g/mol. The van der Waals surface area contributed by atoms with Crippen molar-refractivity contribution < 1.29 is 8.42 Å². The lowest BCUT2D eigenvalue weighted by atomic mass is 10.1. The predicted octanol–water partition coefficient (Wildman–Crippen LogP) is 2.57. The average Bonchev–Trinajstić information content (AvgIpc) is 3.21. The first-order valence-electron chi connectivity index (χ1n) is 7.71. The number of sulfonamides is 1. The highest BCUT2D eigenvalue weighted by atomic mass is 32.2. The number of benzene rings is 1. The molecule has 2 N–H and O–H groups in total. The molecule has 1 aliphatic rings. The Hall–Kier alpha value is -0.910. The summed E-state index contributed by atoms with van der Waals surface area (Å²) in [6.07, 6.45) is 3.45. The first-order valence-corrected chi connectivity index (χ1v) is 9.19. The third kappa shape index (κ3) is 5.09. The Labute approximate surface area is 128 Å². The summed E-state index contributed by atoms with van der Waals surface area (Å²) < 4.78 is 27.3. The van der Waals surface area contributed by atoms with E-state index in [0.717, 1.165) is 23.5 Å². The molecule has 0 heterocycles. The SMILES string of the molecule is Cc1ccc(S(=O)(=O)NCCC2CC2)cc1CNC(C)C. The standard InChI is InChI=1S/C16H26N2O2S/c1-12(2)17-11-15-10-16(7-4-13(15)3)21(19,20)18-9-8-14-5-6-14/h4,7,10,12,14,17-18H,5-6,8-9,11H2,1-3H3. The quantitative estimate of drug-likeness (QED) is 0.776. The Morgan fingerprint density at radius 2 is 2.00 bits per heavy atom. The largest absolute Gasteiger partial charge is 0.310 e. The van der Waals surface area contributed by atoms with Gasteiger partial charge in [0.25, 0.3) is 0 Å². The van der Waals surface area contributed by atoms with Crippen LogP contribution in [-0.2, 0) is 16.6 Å². The highest BCUT2D eigenvalue weighted by molar-refractivity contribution is 7.89. The summed E-state index contributed by atoms with van der Waals surface area (Å²) in [7, 11) is -3.38. The Kier molecular flexibility index (Phi) is 5.41. The van der Waals surface area contributed by atoms with E-state index in [9.17, 15) is 8.42 Å². The van der Waals surface area contributed by atoms with Crippen LogP contribution in [0.1, 0.15) is 44.2 Å². The fourth-order valence-electron chi connectivity index (χ4n) is 2.21. The molecule has 21 heavy (non-hydrogen) atoms. The van der Waals surface area contributed by atoms with Crippen LogP contribution in [0.25, 0.3) is 0 Å². The van der Waals surface area contributed by atoms with Gasteiger partial charge in [0.15, 0.2) is 0 Å². The van der Waals surface area contributed by atoms with Crippen molar-refractivity contribution in [1.82, 2.24) is 10.0 Å². The molecule has 0 bridgehead atoms. The van der Waals surface area contributed by atoms with Crippen LogP contribution in [0.15, 0.2) is 23.1 Å². The van der Waals surface area contributed by atoms with Crippen molar-refractivity contribution in [2.75, 3.05) is 6.54 Å². The Bertz CT molecular complexity index is 578. The van der Waals surface area contributed by atoms with Crippen LogP contribution in [0.5, 0.6) is 0 Å². The van der Waals surface area contributed by atoms with E-state index in [0.29, 0.717) is 24.0 Å². The lowest BCUT2D eigenvalue weighted by Crippen LogP contribution is -2.26. The number of hydrogen-bond acceptors (Lipinski definition) is 3. The van der Waals surface area contributed by atoms with E-state index in [4.69, 9.17) is 0 Å². The molecule has 5 heteroatoms. The number of aryl methyl sites for hydroxylation is 1. The molecule has 1 fully saturated rings. The first kappa shape index (κ1) is 16.5. The van der Waals surface area contributed by atoms with E-state index in [-0.39, 0.29) is 0 Å². The van der Waals surface area contributed by atoms with Crippen molar-refractivity contribution in [2.45, 2.75) is 57.5 Å². The molecule has 0 aromatic heterocycles. The topological polar surface area (TPSA) is 58.2 Å². The summed E-state index contributed by atoms with van der Waals surface area (Å²) in [6, 6.07) is 5.73. The molecule has 1 saturated carbocycles. The third-order valence-corrected chi connectivity index (χ3v) is 5.33. The van der Waals surface area contributed by atoms with Crippen molar-refractivity contribution in [3.63, 3.8) is 0 Å². The summed E-state index contributed by atoms with van der Waals surface area (Å²) in [5.41, 5.74) is 2.15. The summed E-state index contributed by atoms with van der Waals surface area (Å²) in [5, 5.41) is 3.33. The van der Waals surface area contributed by atoms with E-state index in [1.165, 1.54) is 12.8 Å². The van der Waals surface area contributed by atoms with Crippen molar-refractivity contribution >= 4 is 10.0 Å². The maximum absolute atomic E-state index is 12.3.